The fraction of sp³-hybridized carbons (Fsp3) is 0.538. The van der Waals surface area contributed by atoms with Crippen molar-refractivity contribution >= 4 is 7.12 Å². The number of hydrogen-bond donors (Lipinski definition) is 1. The van der Waals surface area contributed by atoms with Crippen LogP contribution in [0.1, 0.15) is 39.2 Å². The van der Waals surface area contributed by atoms with Crippen molar-refractivity contribution in [3.63, 3.8) is 0 Å². The number of hydrogen-bond acceptors (Lipinski definition) is 3. The monoisotopic (exact) mass is 269 g/mol. The second-order valence-electron chi connectivity index (χ2n) is 5.79. The highest BCUT2D eigenvalue weighted by Crippen LogP contribution is 2.39. The molecule has 0 aliphatic carbocycles. The van der Waals surface area contributed by atoms with E-state index >= 15 is 0 Å². The molecular weight excluding hydrogens is 251 g/mol. The summed E-state index contributed by atoms with van der Waals surface area (Å²) in [4.78, 5) is 0. The van der Waals surface area contributed by atoms with Crippen LogP contribution < -0.4 is 5.73 Å². The molecule has 1 aromatic carbocycles. The van der Waals surface area contributed by atoms with E-state index in [4.69, 9.17) is 15.0 Å². The number of rotatable bonds is 2. The molecule has 1 saturated heterocycles. The van der Waals surface area contributed by atoms with Gasteiger partial charge in [0.15, 0.2) is 11.6 Å². The molecule has 0 spiro atoms. The maximum atomic E-state index is 13.7. The molecular formula is C13H18BF2NO2. The molecule has 2 N–H and O–H groups in total. The van der Waals surface area contributed by atoms with E-state index in [-0.39, 0.29) is 5.56 Å². The highest BCUT2D eigenvalue weighted by Gasteiger charge is 2.53. The van der Waals surface area contributed by atoms with E-state index in [2.05, 4.69) is 0 Å². The quantitative estimate of drug-likeness (QED) is 0.839. The van der Waals surface area contributed by atoms with E-state index in [1.54, 1.807) is 0 Å². The van der Waals surface area contributed by atoms with Gasteiger partial charge in [-0.3, -0.25) is 0 Å². The van der Waals surface area contributed by atoms with Gasteiger partial charge in [-0.25, -0.2) is 8.78 Å². The molecule has 0 radical (unpaired) electrons. The lowest BCUT2D eigenvalue weighted by Crippen LogP contribution is -2.41. The van der Waals surface area contributed by atoms with Crippen LogP contribution in [0.15, 0.2) is 18.2 Å². The minimum Gasteiger partial charge on any atom is -0.402 e. The molecule has 0 aromatic heterocycles. The highest BCUT2D eigenvalue weighted by molar-refractivity contribution is 6.47. The zero-order valence-corrected chi connectivity index (χ0v) is 11.5. The van der Waals surface area contributed by atoms with Crippen molar-refractivity contribution in [3.8, 4) is 0 Å². The predicted octanol–water partition coefficient (Wildman–Crippen LogP) is 2.60. The zero-order valence-electron chi connectivity index (χ0n) is 11.5. The smallest absolute Gasteiger partial charge is 0.402 e. The lowest BCUT2D eigenvalue weighted by atomic mass is 9.74. The third-order valence-corrected chi connectivity index (χ3v) is 3.91. The minimum absolute atomic E-state index is 0.0542. The summed E-state index contributed by atoms with van der Waals surface area (Å²) in [6.07, 6.45) is 0. The molecule has 0 bridgehead atoms. The van der Waals surface area contributed by atoms with Crippen molar-refractivity contribution in [1.82, 2.24) is 0 Å². The van der Waals surface area contributed by atoms with Crippen LogP contribution in [-0.2, 0) is 9.31 Å². The van der Waals surface area contributed by atoms with E-state index in [9.17, 15) is 8.78 Å². The van der Waals surface area contributed by atoms with Crippen molar-refractivity contribution in [2.75, 3.05) is 0 Å². The molecule has 2 rings (SSSR count). The third-order valence-electron chi connectivity index (χ3n) is 3.91. The molecule has 3 nitrogen and oxygen atoms in total. The Hall–Kier alpha value is -0.975. The van der Waals surface area contributed by atoms with Crippen LogP contribution in [0.4, 0.5) is 8.78 Å². The van der Waals surface area contributed by atoms with Crippen LogP contribution >= 0.6 is 0 Å². The maximum absolute atomic E-state index is 13.7. The van der Waals surface area contributed by atoms with Gasteiger partial charge >= 0.3 is 7.12 Å². The van der Waals surface area contributed by atoms with Gasteiger partial charge in [-0.2, -0.15) is 0 Å². The Morgan fingerprint density at radius 3 is 2.16 bits per heavy atom. The summed E-state index contributed by atoms with van der Waals surface area (Å²) in [5.41, 5.74) is 4.90. The number of nitrogens with two attached hydrogens (primary N) is 1. The van der Waals surface area contributed by atoms with Gasteiger partial charge in [0, 0.05) is 5.56 Å². The van der Waals surface area contributed by atoms with E-state index in [1.807, 2.05) is 27.7 Å². The molecule has 1 heterocycles. The zero-order chi connectivity index (χ0) is 14.4. The first-order chi connectivity index (χ1) is 8.66. The summed E-state index contributed by atoms with van der Waals surface area (Å²) in [6.45, 7) is 7.51. The second kappa shape index (κ2) is 4.54. The summed E-state index contributed by atoms with van der Waals surface area (Å²) in [7, 11) is -0.804. The number of benzene rings is 1. The van der Waals surface area contributed by atoms with Crippen LogP contribution in [-0.4, -0.2) is 18.3 Å². The van der Waals surface area contributed by atoms with Crippen LogP contribution in [0.25, 0.3) is 0 Å². The summed E-state index contributed by atoms with van der Waals surface area (Å²) in [5, 5.41) is 0. The molecule has 0 amide bonds. The first kappa shape index (κ1) is 14.4. The molecule has 1 aliphatic heterocycles. The predicted molar refractivity (Wildman–Crippen MR) is 69.4 cm³/mol. The van der Waals surface area contributed by atoms with Crippen molar-refractivity contribution in [1.29, 1.82) is 0 Å². The first-order valence-corrected chi connectivity index (χ1v) is 6.21. The summed E-state index contributed by atoms with van der Waals surface area (Å²) < 4.78 is 38.4. The van der Waals surface area contributed by atoms with Gasteiger partial charge in [-0.15, -0.1) is 0 Å². The molecule has 1 atom stereocenters. The molecule has 104 valence electrons. The fourth-order valence-corrected chi connectivity index (χ4v) is 1.96. The van der Waals surface area contributed by atoms with Crippen LogP contribution in [0, 0.1) is 11.6 Å². The van der Waals surface area contributed by atoms with E-state index in [0.29, 0.717) is 0 Å². The Morgan fingerprint density at radius 1 is 1.11 bits per heavy atom. The molecule has 0 saturated carbocycles. The number of halogens is 2. The minimum atomic E-state index is -0.954. The Kier molecular flexibility index (Phi) is 3.45. The van der Waals surface area contributed by atoms with E-state index in [0.717, 1.165) is 6.07 Å². The van der Waals surface area contributed by atoms with Gasteiger partial charge < -0.3 is 15.0 Å². The lowest BCUT2D eigenvalue weighted by Gasteiger charge is -2.32. The normalized spacial score (nSPS) is 22.6. The molecule has 1 fully saturated rings. The molecule has 6 heteroatoms. The Balaban J connectivity index is 2.27. The Bertz CT molecular complexity index is 478. The molecule has 1 aromatic rings. The summed E-state index contributed by atoms with van der Waals surface area (Å²) >= 11 is 0. The molecule has 19 heavy (non-hydrogen) atoms. The van der Waals surface area contributed by atoms with E-state index in [1.165, 1.54) is 12.1 Å². The van der Waals surface area contributed by atoms with Crippen molar-refractivity contribution in [2.45, 2.75) is 44.8 Å². The Labute approximate surface area is 112 Å². The standard InChI is InChI=1S/C13H18BF2NO2/c1-12(2)13(3,4)19-14(18-12)11(17)8-6-5-7-9(15)10(8)16/h5-7,11H,17H2,1-4H3/t11-/m1/s1. The SMILES string of the molecule is CC1(C)OB([C@H](N)c2cccc(F)c2F)OC1(C)C. The molecule has 0 unspecified atom stereocenters. The highest BCUT2D eigenvalue weighted by atomic mass is 19.2. The van der Waals surface area contributed by atoms with Crippen LogP contribution in [0.3, 0.4) is 0 Å². The second-order valence-corrected chi connectivity index (χ2v) is 5.79. The first-order valence-electron chi connectivity index (χ1n) is 6.21. The van der Waals surface area contributed by atoms with Gasteiger partial charge in [0.2, 0.25) is 0 Å². The lowest BCUT2D eigenvalue weighted by molar-refractivity contribution is 0.00578. The topological polar surface area (TPSA) is 44.5 Å². The largest absolute Gasteiger partial charge is 0.480 e. The third kappa shape index (κ3) is 2.40. The average Bonchev–Trinajstić information content (AvgIpc) is 2.51. The summed E-state index contributed by atoms with van der Waals surface area (Å²) in [6, 6.07) is 3.91. The van der Waals surface area contributed by atoms with Crippen LogP contribution in [0.5, 0.6) is 0 Å². The van der Waals surface area contributed by atoms with Crippen molar-refractivity contribution < 1.29 is 18.1 Å². The average molecular weight is 269 g/mol. The van der Waals surface area contributed by atoms with Crippen molar-refractivity contribution in [2.24, 2.45) is 5.73 Å². The van der Waals surface area contributed by atoms with Gasteiger partial charge in [-0.1, -0.05) is 12.1 Å². The molecule has 1 aliphatic rings. The van der Waals surface area contributed by atoms with Gasteiger partial charge in [-0.05, 0) is 33.8 Å². The van der Waals surface area contributed by atoms with Crippen LogP contribution in [0.2, 0.25) is 0 Å². The van der Waals surface area contributed by atoms with Gasteiger partial charge in [0.1, 0.15) is 0 Å². The Morgan fingerprint density at radius 2 is 1.63 bits per heavy atom. The summed E-state index contributed by atoms with van der Waals surface area (Å²) in [5.74, 6) is -2.76. The van der Waals surface area contributed by atoms with E-state index < -0.39 is 35.9 Å². The maximum Gasteiger partial charge on any atom is 0.480 e. The van der Waals surface area contributed by atoms with Crippen molar-refractivity contribution in [3.05, 3.63) is 35.4 Å². The fourth-order valence-electron chi connectivity index (χ4n) is 1.96. The van der Waals surface area contributed by atoms with Gasteiger partial charge in [0.05, 0.1) is 17.1 Å². The van der Waals surface area contributed by atoms with Gasteiger partial charge in [0.25, 0.3) is 0 Å².